The van der Waals surface area contributed by atoms with Gasteiger partial charge in [0.15, 0.2) is 9.84 Å². The smallest absolute Gasteiger partial charge is 0.171 e. The van der Waals surface area contributed by atoms with Crippen molar-refractivity contribution in [1.29, 1.82) is 0 Å². The quantitative estimate of drug-likeness (QED) is 0.165. The molecule has 0 saturated carbocycles. The van der Waals surface area contributed by atoms with Crippen LogP contribution in [0.3, 0.4) is 0 Å². The lowest BCUT2D eigenvalue weighted by Crippen LogP contribution is -2.19. The third-order valence-corrected chi connectivity index (χ3v) is 9.16. The van der Waals surface area contributed by atoms with E-state index in [4.69, 9.17) is 18.9 Å². The van der Waals surface area contributed by atoms with Crippen molar-refractivity contribution in [3.05, 3.63) is 131 Å². The van der Waals surface area contributed by atoms with E-state index in [1.54, 1.807) is 48.6 Å². The SMILES string of the molecule is COc1ccc(C=CC(c2ccc(F)cc2)S(=O)(=O)C(C=Cc2ccc(OC)cc2OC)c2ccc(F)cc2)c(OC)c1. The van der Waals surface area contributed by atoms with Crippen LogP contribution in [0.5, 0.6) is 23.0 Å². The average molecular weight is 607 g/mol. The molecule has 0 aliphatic rings. The molecule has 0 bridgehead atoms. The Morgan fingerprint density at radius 2 is 0.930 bits per heavy atom. The predicted molar refractivity (Wildman–Crippen MR) is 164 cm³/mol. The third-order valence-electron chi connectivity index (χ3n) is 6.89. The zero-order valence-corrected chi connectivity index (χ0v) is 25.0. The second-order valence-electron chi connectivity index (χ2n) is 9.47. The van der Waals surface area contributed by atoms with Crippen LogP contribution in [0, 0.1) is 11.6 Å². The lowest BCUT2D eigenvalue weighted by molar-refractivity contribution is 0.393. The monoisotopic (exact) mass is 606 g/mol. The summed E-state index contributed by atoms with van der Waals surface area (Å²) in [6, 6.07) is 20.9. The summed E-state index contributed by atoms with van der Waals surface area (Å²) >= 11 is 0. The zero-order chi connectivity index (χ0) is 31.0. The highest BCUT2D eigenvalue weighted by Crippen LogP contribution is 2.39. The lowest BCUT2D eigenvalue weighted by atomic mass is 10.1. The fraction of sp³-hybridized carbons (Fsp3) is 0.176. The number of rotatable bonds is 12. The molecule has 0 aromatic heterocycles. The highest BCUT2D eigenvalue weighted by molar-refractivity contribution is 7.92. The van der Waals surface area contributed by atoms with Crippen molar-refractivity contribution >= 4 is 22.0 Å². The second kappa shape index (κ2) is 14.0. The molecule has 6 nitrogen and oxygen atoms in total. The average Bonchev–Trinajstić information content (AvgIpc) is 3.02. The summed E-state index contributed by atoms with van der Waals surface area (Å²) in [4.78, 5) is 0. The first kappa shape index (κ1) is 31.3. The van der Waals surface area contributed by atoms with Gasteiger partial charge in [-0.15, -0.1) is 0 Å². The van der Waals surface area contributed by atoms with E-state index in [1.165, 1.54) is 89.1 Å². The van der Waals surface area contributed by atoms with Crippen molar-refractivity contribution in [1.82, 2.24) is 0 Å². The molecular weight excluding hydrogens is 574 g/mol. The minimum absolute atomic E-state index is 0.354. The van der Waals surface area contributed by atoms with Gasteiger partial charge in [-0.25, -0.2) is 17.2 Å². The minimum Gasteiger partial charge on any atom is -0.497 e. The summed E-state index contributed by atoms with van der Waals surface area (Å²) < 4.78 is 78.4. The van der Waals surface area contributed by atoms with Crippen LogP contribution in [0.25, 0.3) is 12.2 Å². The molecule has 224 valence electrons. The van der Waals surface area contributed by atoms with E-state index in [0.717, 1.165) is 0 Å². The largest absolute Gasteiger partial charge is 0.497 e. The van der Waals surface area contributed by atoms with Crippen molar-refractivity contribution in [2.75, 3.05) is 28.4 Å². The summed E-state index contributed by atoms with van der Waals surface area (Å²) in [7, 11) is 1.92. The van der Waals surface area contributed by atoms with Crippen LogP contribution in [-0.2, 0) is 9.84 Å². The standard InChI is InChI=1S/C34H32F2O6S/c1-39-29-17-9-23(31(21-29)41-3)11-19-33(25-5-13-27(35)14-6-25)43(37,38)34(26-7-15-28(36)16-8-26)20-12-24-10-18-30(40-2)22-32(24)42-4/h5-22,33-34H,1-4H3. The second-order valence-corrected chi connectivity index (χ2v) is 11.7. The Balaban J connectivity index is 1.86. The van der Waals surface area contributed by atoms with Crippen molar-refractivity contribution in [3.63, 3.8) is 0 Å². The Bertz CT molecular complexity index is 1580. The van der Waals surface area contributed by atoms with Crippen LogP contribution in [0.1, 0.15) is 32.8 Å². The number of sulfone groups is 1. The summed E-state index contributed by atoms with van der Waals surface area (Å²) in [5.41, 5.74) is 1.94. The van der Waals surface area contributed by atoms with E-state index >= 15 is 0 Å². The van der Waals surface area contributed by atoms with Crippen LogP contribution >= 0.6 is 0 Å². The molecule has 0 heterocycles. The number of hydrogen-bond acceptors (Lipinski definition) is 6. The number of ether oxygens (including phenoxy) is 4. The molecule has 4 aromatic carbocycles. The maximum atomic E-state index is 14.6. The number of methoxy groups -OCH3 is 4. The molecule has 2 atom stereocenters. The molecule has 0 aliphatic carbocycles. The van der Waals surface area contributed by atoms with E-state index < -0.39 is 32.0 Å². The summed E-state index contributed by atoms with van der Waals surface area (Å²) in [6.07, 6.45) is 6.35. The molecule has 0 radical (unpaired) electrons. The van der Waals surface area contributed by atoms with Crippen LogP contribution in [0.2, 0.25) is 0 Å². The molecular formula is C34H32F2O6S. The van der Waals surface area contributed by atoms with Gasteiger partial charge in [0.2, 0.25) is 0 Å². The van der Waals surface area contributed by atoms with E-state index in [1.807, 2.05) is 0 Å². The zero-order valence-electron chi connectivity index (χ0n) is 24.2. The van der Waals surface area contributed by atoms with Gasteiger partial charge in [0.05, 0.1) is 28.4 Å². The first-order valence-electron chi connectivity index (χ1n) is 13.2. The first-order valence-corrected chi connectivity index (χ1v) is 14.8. The summed E-state index contributed by atoms with van der Waals surface area (Å²) in [5.74, 6) is 1.11. The molecule has 4 aromatic rings. The summed E-state index contributed by atoms with van der Waals surface area (Å²) in [5, 5.41) is -2.42. The van der Waals surface area contributed by atoms with E-state index in [2.05, 4.69) is 0 Å². The molecule has 0 spiro atoms. The molecule has 0 amide bonds. The molecule has 0 N–H and O–H groups in total. The maximum absolute atomic E-state index is 14.6. The van der Waals surface area contributed by atoms with Gasteiger partial charge in [-0.2, -0.15) is 0 Å². The Morgan fingerprint density at radius 3 is 1.26 bits per heavy atom. The topological polar surface area (TPSA) is 71.1 Å². The highest BCUT2D eigenvalue weighted by atomic mass is 32.2. The lowest BCUT2D eigenvalue weighted by Gasteiger charge is -2.22. The first-order chi connectivity index (χ1) is 20.7. The van der Waals surface area contributed by atoms with Gasteiger partial charge >= 0.3 is 0 Å². The van der Waals surface area contributed by atoms with Crippen molar-refractivity contribution < 1.29 is 36.1 Å². The highest BCUT2D eigenvalue weighted by Gasteiger charge is 2.33. The molecule has 2 unspecified atom stereocenters. The third kappa shape index (κ3) is 7.42. The Morgan fingerprint density at radius 1 is 0.558 bits per heavy atom. The molecule has 43 heavy (non-hydrogen) atoms. The normalized spacial score (nSPS) is 13.2. The van der Waals surface area contributed by atoms with Crippen molar-refractivity contribution in [3.8, 4) is 23.0 Å². The number of benzene rings is 4. The fourth-order valence-electron chi connectivity index (χ4n) is 4.58. The van der Waals surface area contributed by atoms with Gasteiger partial charge in [-0.05, 0) is 59.7 Å². The predicted octanol–water partition coefficient (Wildman–Crippen LogP) is 7.62. The van der Waals surface area contributed by atoms with E-state index in [9.17, 15) is 17.2 Å². The van der Waals surface area contributed by atoms with Gasteiger partial charge in [0.25, 0.3) is 0 Å². The van der Waals surface area contributed by atoms with Crippen molar-refractivity contribution in [2.24, 2.45) is 0 Å². The van der Waals surface area contributed by atoms with E-state index in [-0.39, 0.29) is 0 Å². The summed E-state index contributed by atoms with van der Waals surface area (Å²) in [6.45, 7) is 0. The number of hydrogen-bond donors (Lipinski definition) is 0. The van der Waals surface area contributed by atoms with Crippen LogP contribution in [-0.4, -0.2) is 36.9 Å². The van der Waals surface area contributed by atoms with Gasteiger partial charge in [-0.1, -0.05) is 48.6 Å². The molecule has 9 heteroatoms. The minimum atomic E-state index is -4.15. The molecule has 0 aliphatic heterocycles. The molecule has 0 saturated heterocycles. The van der Waals surface area contributed by atoms with Gasteiger partial charge in [0.1, 0.15) is 45.1 Å². The molecule has 0 fully saturated rings. The van der Waals surface area contributed by atoms with Gasteiger partial charge in [-0.3, -0.25) is 0 Å². The Kier molecular flexibility index (Phi) is 10.2. The van der Waals surface area contributed by atoms with Crippen molar-refractivity contribution in [2.45, 2.75) is 10.5 Å². The Labute approximate surface area is 250 Å². The Hall–Kier alpha value is -4.63. The number of halogens is 2. The van der Waals surface area contributed by atoms with Gasteiger partial charge < -0.3 is 18.9 Å². The maximum Gasteiger partial charge on any atom is 0.171 e. The fourth-order valence-corrected chi connectivity index (χ4v) is 6.56. The van der Waals surface area contributed by atoms with E-state index in [0.29, 0.717) is 45.3 Å². The van der Waals surface area contributed by atoms with Crippen LogP contribution < -0.4 is 18.9 Å². The molecule has 4 rings (SSSR count). The van der Waals surface area contributed by atoms with Crippen LogP contribution in [0.15, 0.2) is 97.1 Å². The van der Waals surface area contributed by atoms with Gasteiger partial charge in [0, 0.05) is 23.3 Å². The van der Waals surface area contributed by atoms with Crippen LogP contribution in [0.4, 0.5) is 8.78 Å².